The van der Waals surface area contributed by atoms with Gasteiger partial charge in [0.05, 0.1) is 16.4 Å². The number of aromatic nitrogens is 1. The number of hydrogen-bond acceptors (Lipinski definition) is 7. The molecule has 0 bridgehead atoms. The fourth-order valence-corrected chi connectivity index (χ4v) is 3.24. The van der Waals surface area contributed by atoms with Crippen molar-refractivity contribution in [2.45, 2.75) is 5.92 Å². The van der Waals surface area contributed by atoms with Gasteiger partial charge in [-0.25, -0.2) is 5.84 Å². The monoisotopic (exact) mass is 303 g/mol. The lowest BCUT2D eigenvalue weighted by atomic mass is 9.88. The zero-order valence-electron chi connectivity index (χ0n) is 10.9. The summed E-state index contributed by atoms with van der Waals surface area (Å²) in [5.41, 5.74) is 14.9. The Morgan fingerprint density at radius 1 is 1.33 bits per heavy atom. The molecule has 1 aromatic heterocycles. The van der Waals surface area contributed by atoms with E-state index in [0.29, 0.717) is 11.0 Å². The summed E-state index contributed by atoms with van der Waals surface area (Å²) in [7, 11) is 0. The van der Waals surface area contributed by atoms with Crippen LogP contribution in [0.4, 0.5) is 5.13 Å². The number of nitrogen functional groups attached to an aromatic ring is 1. The van der Waals surface area contributed by atoms with Gasteiger partial charge in [-0.15, -0.1) is 0 Å². The molecular formula is C13H13N5O2S. The smallest absolute Gasteiger partial charge is 0.251 e. The maximum atomic E-state index is 11.8. The quantitative estimate of drug-likeness (QED) is 0.485. The van der Waals surface area contributed by atoms with E-state index in [1.807, 2.05) is 30.3 Å². The van der Waals surface area contributed by atoms with Crippen LogP contribution in [-0.4, -0.2) is 10.9 Å². The second-order valence-corrected chi connectivity index (χ2v) is 5.45. The zero-order chi connectivity index (χ0) is 15.0. The first-order valence-corrected chi connectivity index (χ1v) is 6.93. The third-order valence-electron chi connectivity index (χ3n) is 3.17. The van der Waals surface area contributed by atoms with Crippen molar-refractivity contribution >= 4 is 22.4 Å². The molecule has 21 heavy (non-hydrogen) atoms. The largest absolute Gasteiger partial charge is 0.421 e. The maximum Gasteiger partial charge on any atom is 0.251 e. The first kappa shape index (κ1) is 13.4. The number of thiazole rings is 1. The molecule has 2 heterocycles. The van der Waals surface area contributed by atoms with Gasteiger partial charge in [0.1, 0.15) is 0 Å². The van der Waals surface area contributed by atoms with Crippen LogP contribution in [0.25, 0.3) is 0 Å². The molecule has 8 heteroatoms. The molecule has 7 N–H and O–H groups in total. The minimum Gasteiger partial charge on any atom is -0.421 e. The minimum atomic E-state index is -0.623. The Balaban J connectivity index is 2.20. The van der Waals surface area contributed by atoms with Crippen LogP contribution in [0.3, 0.4) is 0 Å². The van der Waals surface area contributed by atoms with Crippen molar-refractivity contribution in [1.82, 2.24) is 4.98 Å². The highest BCUT2D eigenvalue weighted by Gasteiger charge is 2.36. The Labute approximate surface area is 124 Å². The summed E-state index contributed by atoms with van der Waals surface area (Å²) >= 11 is 1.29. The number of ether oxygens (including phenoxy) is 1. The Morgan fingerprint density at radius 2 is 2.05 bits per heavy atom. The van der Waals surface area contributed by atoms with E-state index < -0.39 is 11.8 Å². The van der Waals surface area contributed by atoms with E-state index in [0.717, 1.165) is 10.4 Å². The van der Waals surface area contributed by atoms with E-state index in [1.54, 1.807) is 0 Å². The van der Waals surface area contributed by atoms with Crippen LogP contribution in [0, 0.1) is 0 Å². The number of nitrogens with two attached hydrogens (primary N) is 3. The minimum absolute atomic E-state index is 0.0299. The number of hydrogen-bond donors (Lipinski definition) is 4. The first-order chi connectivity index (χ1) is 10.1. The van der Waals surface area contributed by atoms with Crippen LogP contribution >= 0.6 is 11.3 Å². The van der Waals surface area contributed by atoms with E-state index in [1.165, 1.54) is 11.3 Å². The number of carbonyl (C=O) groups is 1. The second kappa shape index (κ2) is 5.08. The molecule has 0 fully saturated rings. The molecule has 0 saturated heterocycles. The van der Waals surface area contributed by atoms with Crippen LogP contribution in [0.2, 0.25) is 0 Å². The number of hydrazine groups is 1. The number of amides is 1. The average molecular weight is 303 g/mol. The first-order valence-electron chi connectivity index (χ1n) is 6.11. The molecule has 2 aromatic rings. The summed E-state index contributed by atoms with van der Waals surface area (Å²) in [6.07, 6.45) is 0. The van der Waals surface area contributed by atoms with Crippen LogP contribution in [0.15, 0.2) is 41.8 Å². The van der Waals surface area contributed by atoms with Gasteiger partial charge in [0, 0.05) is 0 Å². The van der Waals surface area contributed by atoms with Gasteiger partial charge >= 0.3 is 0 Å². The summed E-state index contributed by atoms with van der Waals surface area (Å²) in [5.74, 6) is 4.66. The highest BCUT2D eigenvalue weighted by atomic mass is 32.1. The lowest BCUT2D eigenvalue weighted by molar-refractivity contribution is -0.115. The predicted molar refractivity (Wildman–Crippen MR) is 79.2 cm³/mol. The van der Waals surface area contributed by atoms with Gasteiger partial charge in [0.15, 0.2) is 0 Å². The fraction of sp³-hybridized carbons (Fsp3) is 0.0769. The van der Waals surface area contributed by atoms with Gasteiger partial charge < -0.3 is 16.2 Å². The van der Waals surface area contributed by atoms with E-state index in [-0.39, 0.29) is 11.5 Å². The molecular weight excluding hydrogens is 290 g/mol. The van der Waals surface area contributed by atoms with Crippen LogP contribution in [-0.2, 0) is 4.79 Å². The molecule has 1 amide bonds. The molecule has 7 nitrogen and oxygen atoms in total. The van der Waals surface area contributed by atoms with Crippen molar-refractivity contribution < 1.29 is 9.53 Å². The molecule has 0 radical (unpaired) electrons. The van der Waals surface area contributed by atoms with Crippen molar-refractivity contribution in [2.24, 2.45) is 17.3 Å². The molecule has 0 aliphatic carbocycles. The molecule has 1 aromatic carbocycles. The summed E-state index contributed by atoms with van der Waals surface area (Å²) in [6, 6.07) is 9.43. The van der Waals surface area contributed by atoms with Crippen LogP contribution < -0.4 is 27.5 Å². The average Bonchev–Trinajstić information content (AvgIpc) is 2.88. The highest BCUT2D eigenvalue weighted by Crippen LogP contribution is 2.45. The van der Waals surface area contributed by atoms with Crippen molar-refractivity contribution in [2.75, 3.05) is 5.43 Å². The molecule has 1 unspecified atom stereocenters. The number of fused-ring (bicyclic) bond motifs is 1. The van der Waals surface area contributed by atoms with Crippen molar-refractivity contribution in [3.05, 3.63) is 52.2 Å². The van der Waals surface area contributed by atoms with Crippen LogP contribution in [0.5, 0.6) is 5.88 Å². The second-order valence-electron chi connectivity index (χ2n) is 4.42. The number of benzene rings is 1. The predicted octanol–water partition coefficient (Wildman–Crippen LogP) is 0.609. The topological polar surface area (TPSA) is 129 Å². The van der Waals surface area contributed by atoms with E-state index in [4.69, 9.17) is 22.0 Å². The number of nitrogens with zero attached hydrogens (tertiary/aromatic N) is 1. The molecule has 0 saturated carbocycles. The van der Waals surface area contributed by atoms with Crippen molar-refractivity contribution in [3.63, 3.8) is 0 Å². The normalized spacial score (nSPS) is 17.1. The lowest BCUT2D eigenvalue weighted by Crippen LogP contribution is -2.29. The van der Waals surface area contributed by atoms with Gasteiger partial charge in [0.2, 0.25) is 16.9 Å². The molecule has 108 valence electrons. The molecule has 3 rings (SSSR count). The molecule has 1 aliphatic heterocycles. The Hall–Kier alpha value is -2.58. The van der Waals surface area contributed by atoms with Gasteiger partial charge in [-0.05, 0) is 5.56 Å². The van der Waals surface area contributed by atoms with Gasteiger partial charge in [-0.3, -0.25) is 10.2 Å². The third kappa shape index (κ3) is 2.20. The number of nitrogens with one attached hydrogen (secondary N) is 1. The SMILES string of the molecule is NNc1nc2c(s1)C(c1ccccc1)C(C(N)=O)=C(N)O2. The Bertz CT molecular complexity index is 725. The van der Waals surface area contributed by atoms with Gasteiger partial charge in [-0.1, -0.05) is 41.7 Å². The third-order valence-corrected chi connectivity index (χ3v) is 4.20. The van der Waals surface area contributed by atoms with E-state index >= 15 is 0 Å². The number of carbonyl (C=O) groups excluding carboxylic acids is 1. The summed E-state index contributed by atoms with van der Waals surface area (Å²) < 4.78 is 5.40. The maximum absolute atomic E-state index is 11.8. The van der Waals surface area contributed by atoms with Crippen molar-refractivity contribution in [3.8, 4) is 5.88 Å². The standard InChI is InChI=1S/C13H13N5O2S/c14-10(19)8-7(6-4-2-1-3-5-6)9-12(20-11(8)15)17-13(18-16)21-9/h1-5,7H,15-16H2,(H2,14,19)(H,17,18). The van der Waals surface area contributed by atoms with Crippen molar-refractivity contribution in [1.29, 1.82) is 0 Å². The zero-order valence-corrected chi connectivity index (χ0v) is 11.7. The van der Waals surface area contributed by atoms with Gasteiger partial charge in [0.25, 0.3) is 5.91 Å². The van der Waals surface area contributed by atoms with E-state index in [2.05, 4.69) is 10.4 Å². The summed E-state index contributed by atoms with van der Waals surface area (Å²) in [4.78, 5) is 16.7. The highest BCUT2D eigenvalue weighted by molar-refractivity contribution is 7.16. The van der Waals surface area contributed by atoms with Gasteiger partial charge in [-0.2, -0.15) is 4.98 Å². The Kier molecular flexibility index (Phi) is 3.24. The van der Waals surface area contributed by atoms with Crippen LogP contribution in [0.1, 0.15) is 16.4 Å². The summed E-state index contributed by atoms with van der Waals surface area (Å²) in [6.45, 7) is 0. The van der Waals surface area contributed by atoms with E-state index in [9.17, 15) is 4.79 Å². The number of primary amides is 1. The molecule has 1 aliphatic rings. The molecule has 1 atom stereocenters. The fourth-order valence-electron chi connectivity index (χ4n) is 2.29. The Morgan fingerprint density at radius 3 is 2.67 bits per heavy atom. The summed E-state index contributed by atoms with van der Waals surface area (Å²) in [5, 5.41) is 0.472. The number of rotatable bonds is 3. The number of anilines is 1. The lowest BCUT2D eigenvalue weighted by Gasteiger charge is -2.24. The molecule has 0 spiro atoms.